The maximum Gasteiger partial charge on any atom is 0.151 e. The second-order valence-electron chi connectivity index (χ2n) is 6.52. The lowest BCUT2D eigenvalue weighted by Crippen LogP contribution is -2.45. The van der Waals surface area contributed by atoms with Crippen molar-refractivity contribution in [1.29, 1.82) is 0 Å². The number of piperazine rings is 1. The van der Waals surface area contributed by atoms with E-state index >= 15 is 0 Å². The van der Waals surface area contributed by atoms with Gasteiger partial charge in [0.25, 0.3) is 0 Å². The van der Waals surface area contributed by atoms with Gasteiger partial charge in [-0.25, -0.2) is 0 Å². The fourth-order valence-electron chi connectivity index (χ4n) is 3.29. The highest BCUT2D eigenvalue weighted by atomic mass is 16.5. The molecule has 3 aromatic rings. The van der Waals surface area contributed by atoms with Crippen molar-refractivity contribution in [2.45, 2.75) is 19.5 Å². The number of aromatic nitrogens is 2. The third-order valence-electron chi connectivity index (χ3n) is 4.69. The van der Waals surface area contributed by atoms with Crippen molar-refractivity contribution in [3.63, 3.8) is 0 Å². The van der Waals surface area contributed by atoms with E-state index in [1.54, 1.807) is 0 Å². The summed E-state index contributed by atoms with van der Waals surface area (Å²) in [7, 11) is 0. The van der Waals surface area contributed by atoms with Gasteiger partial charge in [0.1, 0.15) is 5.69 Å². The van der Waals surface area contributed by atoms with Crippen LogP contribution in [-0.4, -0.2) is 34.7 Å². The molecule has 128 valence electrons. The van der Waals surface area contributed by atoms with Crippen molar-refractivity contribution >= 4 is 0 Å². The molecular formula is C20H22N4O. The molecule has 1 aromatic carbocycles. The van der Waals surface area contributed by atoms with Gasteiger partial charge in [0.15, 0.2) is 5.76 Å². The topological polar surface area (TPSA) is 54.2 Å². The first-order chi connectivity index (χ1) is 12.3. The Hall–Kier alpha value is -2.50. The predicted octanol–water partition coefficient (Wildman–Crippen LogP) is 3.19. The van der Waals surface area contributed by atoms with Crippen LogP contribution in [-0.2, 0) is 6.54 Å². The molecule has 1 saturated heterocycles. The zero-order chi connectivity index (χ0) is 17.1. The Morgan fingerprint density at radius 2 is 2.12 bits per heavy atom. The molecule has 0 amide bonds. The first kappa shape index (κ1) is 16.0. The van der Waals surface area contributed by atoms with Gasteiger partial charge < -0.3 is 9.84 Å². The minimum atomic E-state index is 0.301. The molecule has 3 heterocycles. The monoisotopic (exact) mass is 334 g/mol. The van der Waals surface area contributed by atoms with Gasteiger partial charge in [-0.1, -0.05) is 41.1 Å². The smallest absolute Gasteiger partial charge is 0.151 e. The van der Waals surface area contributed by atoms with Gasteiger partial charge in [-0.15, -0.1) is 0 Å². The molecule has 5 heteroatoms. The molecule has 1 unspecified atom stereocenters. The zero-order valence-corrected chi connectivity index (χ0v) is 14.4. The lowest BCUT2D eigenvalue weighted by atomic mass is 10.0. The number of hydrogen-bond donors (Lipinski definition) is 1. The van der Waals surface area contributed by atoms with Crippen LogP contribution < -0.4 is 5.32 Å². The van der Waals surface area contributed by atoms with E-state index in [1.165, 1.54) is 11.1 Å². The summed E-state index contributed by atoms with van der Waals surface area (Å²) < 4.78 is 5.61. The average Bonchev–Trinajstić information content (AvgIpc) is 3.12. The van der Waals surface area contributed by atoms with E-state index in [0.717, 1.165) is 43.2 Å². The predicted molar refractivity (Wildman–Crippen MR) is 96.9 cm³/mol. The summed E-state index contributed by atoms with van der Waals surface area (Å²) in [5.74, 6) is 0.895. The Morgan fingerprint density at radius 3 is 2.92 bits per heavy atom. The molecule has 0 spiro atoms. The summed E-state index contributed by atoms with van der Waals surface area (Å²) in [6, 6.07) is 14.8. The third kappa shape index (κ3) is 3.62. The molecule has 0 aliphatic carbocycles. The van der Waals surface area contributed by atoms with E-state index in [-0.39, 0.29) is 0 Å². The Kier molecular flexibility index (Phi) is 4.59. The molecule has 25 heavy (non-hydrogen) atoms. The molecule has 1 aliphatic rings. The van der Waals surface area contributed by atoms with E-state index in [2.05, 4.69) is 57.6 Å². The van der Waals surface area contributed by atoms with Gasteiger partial charge >= 0.3 is 0 Å². The summed E-state index contributed by atoms with van der Waals surface area (Å²) in [5.41, 5.74) is 4.45. The van der Waals surface area contributed by atoms with E-state index in [1.807, 2.05) is 24.5 Å². The summed E-state index contributed by atoms with van der Waals surface area (Å²) >= 11 is 0. The summed E-state index contributed by atoms with van der Waals surface area (Å²) in [6.45, 7) is 5.71. The molecule has 1 fully saturated rings. The average molecular weight is 334 g/mol. The van der Waals surface area contributed by atoms with E-state index in [9.17, 15) is 0 Å². The largest absolute Gasteiger partial charge is 0.359 e. The highest BCUT2D eigenvalue weighted by Crippen LogP contribution is 2.25. The number of hydrogen-bond acceptors (Lipinski definition) is 5. The third-order valence-corrected chi connectivity index (χ3v) is 4.69. The zero-order valence-electron chi connectivity index (χ0n) is 14.4. The molecule has 4 rings (SSSR count). The van der Waals surface area contributed by atoms with Crippen LogP contribution >= 0.6 is 0 Å². The second kappa shape index (κ2) is 7.17. The summed E-state index contributed by atoms with van der Waals surface area (Å²) in [6.07, 6.45) is 3.76. The maximum atomic E-state index is 5.61. The van der Waals surface area contributed by atoms with Crippen LogP contribution in [0.2, 0.25) is 0 Å². The van der Waals surface area contributed by atoms with Gasteiger partial charge in [-0.2, -0.15) is 0 Å². The van der Waals surface area contributed by atoms with Gasteiger partial charge in [-0.3, -0.25) is 9.88 Å². The van der Waals surface area contributed by atoms with E-state index in [0.29, 0.717) is 6.04 Å². The van der Waals surface area contributed by atoms with Crippen LogP contribution in [0, 0.1) is 6.92 Å². The second-order valence-corrected chi connectivity index (χ2v) is 6.52. The number of nitrogens with one attached hydrogen (secondary N) is 1. The standard InChI is InChI=1S/C20H22N4O/c1-15-4-6-16(7-5-15)19-11-18(25-23-19)14-24-10-9-22-13-20(24)17-3-2-8-21-12-17/h2-8,11-12,20,22H,9-10,13-14H2,1H3. The fourth-order valence-corrected chi connectivity index (χ4v) is 3.29. The van der Waals surface area contributed by atoms with Crippen LogP contribution in [0.25, 0.3) is 11.3 Å². The molecule has 0 saturated carbocycles. The highest BCUT2D eigenvalue weighted by molar-refractivity contribution is 5.59. The number of rotatable bonds is 4. The van der Waals surface area contributed by atoms with Gasteiger partial charge in [0.05, 0.1) is 6.54 Å². The van der Waals surface area contributed by atoms with Crippen molar-refractivity contribution in [1.82, 2.24) is 20.4 Å². The van der Waals surface area contributed by atoms with Crippen molar-refractivity contribution in [3.05, 3.63) is 71.7 Å². The quantitative estimate of drug-likeness (QED) is 0.794. The number of nitrogens with zero attached hydrogens (tertiary/aromatic N) is 3. The van der Waals surface area contributed by atoms with Crippen molar-refractivity contribution in [3.8, 4) is 11.3 Å². The van der Waals surface area contributed by atoms with Crippen LogP contribution in [0.15, 0.2) is 59.4 Å². The first-order valence-electron chi connectivity index (χ1n) is 8.67. The summed E-state index contributed by atoms with van der Waals surface area (Å²) in [5, 5.41) is 7.72. The normalized spacial score (nSPS) is 18.4. The molecular weight excluding hydrogens is 312 g/mol. The minimum Gasteiger partial charge on any atom is -0.359 e. The molecule has 0 bridgehead atoms. The minimum absolute atomic E-state index is 0.301. The fraction of sp³-hybridized carbons (Fsp3) is 0.300. The van der Waals surface area contributed by atoms with E-state index in [4.69, 9.17) is 4.52 Å². The lowest BCUT2D eigenvalue weighted by Gasteiger charge is -2.35. The van der Waals surface area contributed by atoms with Gasteiger partial charge in [0.2, 0.25) is 0 Å². The maximum absolute atomic E-state index is 5.61. The van der Waals surface area contributed by atoms with Crippen LogP contribution in [0.3, 0.4) is 0 Å². The Bertz CT molecular complexity index is 813. The molecule has 0 radical (unpaired) electrons. The lowest BCUT2D eigenvalue weighted by molar-refractivity contribution is 0.138. The number of aryl methyl sites for hydroxylation is 1. The highest BCUT2D eigenvalue weighted by Gasteiger charge is 2.25. The first-order valence-corrected chi connectivity index (χ1v) is 8.67. The molecule has 1 atom stereocenters. The van der Waals surface area contributed by atoms with Gasteiger partial charge in [-0.05, 0) is 18.6 Å². The van der Waals surface area contributed by atoms with Crippen molar-refractivity contribution < 1.29 is 4.52 Å². The Labute approximate surface area is 147 Å². The van der Waals surface area contributed by atoms with Crippen molar-refractivity contribution in [2.75, 3.05) is 19.6 Å². The van der Waals surface area contributed by atoms with Crippen LogP contribution in [0.5, 0.6) is 0 Å². The molecule has 1 N–H and O–H groups in total. The molecule has 5 nitrogen and oxygen atoms in total. The SMILES string of the molecule is Cc1ccc(-c2cc(CN3CCNCC3c3cccnc3)on2)cc1. The summed E-state index contributed by atoms with van der Waals surface area (Å²) in [4.78, 5) is 6.69. The van der Waals surface area contributed by atoms with Crippen LogP contribution in [0.4, 0.5) is 0 Å². The number of pyridine rings is 1. The van der Waals surface area contributed by atoms with Gasteiger partial charge in [0, 0.05) is 49.7 Å². The Balaban J connectivity index is 1.51. The molecule has 2 aromatic heterocycles. The number of benzene rings is 1. The van der Waals surface area contributed by atoms with Crippen LogP contribution in [0.1, 0.15) is 22.9 Å². The van der Waals surface area contributed by atoms with E-state index < -0.39 is 0 Å². The molecule has 1 aliphatic heterocycles. The van der Waals surface area contributed by atoms with Crippen molar-refractivity contribution in [2.24, 2.45) is 0 Å². The Morgan fingerprint density at radius 1 is 1.24 bits per heavy atom.